The highest BCUT2D eigenvalue weighted by atomic mass is 127. The van der Waals surface area contributed by atoms with Crippen molar-refractivity contribution in [3.8, 4) is 11.5 Å². The van der Waals surface area contributed by atoms with Gasteiger partial charge in [-0.3, -0.25) is 14.9 Å². The first kappa shape index (κ1) is 29.1. The highest BCUT2D eigenvalue weighted by Gasteiger charge is 2.51. The molecule has 1 N–H and O–H groups in total. The largest absolute Gasteiger partial charge is 0.493 e. The van der Waals surface area contributed by atoms with Gasteiger partial charge in [-0.1, -0.05) is 42.0 Å². The zero-order chi connectivity index (χ0) is 30.6. The lowest BCUT2D eigenvalue weighted by Crippen LogP contribution is -2.54. The van der Waals surface area contributed by atoms with Crippen LogP contribution in [0.1, 0.15) is 60.8 Å². The third-order valence-electron chi connectivity index (χ3n) is 9.94. The summed E-state index contributed by atoms with van der Waals surface area (Å²) in [6.07, 6.45) is 9.32. The van der Waals surface area contributed by atoms with E-state index in [4.69, 9.17) is 9.47 Å². The molecular weight excluding hydrogens is 667 g/mol. The third-order valence-corrected chi connectivity index (χ3v) is 10.7. The van der Waals surface area contributed by atoms with Crippen LogP contribution in [0.4, 0.5) is 10.5 Å². The van der Waals surface area contributed by atoms with E-state index in [1.165, 1.54) is 55.7 Å². The molecule has 7 nitrogen and oxygen atoms in total. The van der Waals surface area contributed by atoms with Gasteiger partial charge in [0.15, 0.2) is 11.5 Å². The molecule has 8 rings (SSSR count). The van der Waals surface area contributed by atoms with Crippen molar-refractivity contribution < 1.29 is 23.9 Å². The number of carbonyl (C=O) groups excluding carboxylic acids is 3. The van der Waals surface area contributed by atoms with Crippen molar-refractivity contribution in [2.75, 3.05) is 12.0 Å². The maximum Gasteiger partial charge on any atom is 0.335 e. The van der Waals surface area contributed by atoms with Crippen LogP contribution in [0, 0.1) is 28.2 Å². The average Bonchev–Trinajstić information content (AvgIpc) is 2.99. The van der Waals surface area contributed by atoms with Gasteiger partial charge in [-0.2, -0.15) is 0 Å². The summed E-state index contributed by atoms with van der Waals surface area (Å²) in [6.45, 7) is 2.40. The van der Waals surface area contributed by atoms with Gasteiger partial charge >= 0.3 is 6.03 Å². The van der Waals surface area contributed by atoms with Crippen LogP contribution in [0.5, 0.6) is 11.5 Å². The molecule has 8 heteroatoms. The van der Waals surface area contributed by atoms with E-state index in [0.717, 1.165) is 31.8 Å². The molecule has 44 heavy (non-hydrogen) atoms. The molecule has 4 aliphatic carbocycles. The minimum absolute atomic E-state index is 0.124. The number of hydrogen-bond donors (Lipinski definition) is 1. The molecule has 4 saturated carbocycles. The fourth-order valence-corrected chi connectivity index (χ4v) is 9.07. The van der Waals surface area contributed by atoms with Crippen LogP contribution >= 0.6 is 22.6 Å². The molecule has 3 aromatic rings. The van der Waals surface area contributed by atoms with Crippen LogP contribution in [-0.4, -0.2) is 25.0 Å². The van der Waals surface area contributed by atoms with Gasteiger partial charge in [0.1, 0.15) is 12.2 Å². The third kappa shape index (κ3) is 5.31. The predicted octanol–water partition coefficient (Wildman–Crippen LogP) is 7.32. The molecule has 0 spiro atoms. The Kier molecular flexibility index (Phi) is 7.51. The molecular formula is C36H35IN2O5. The van der Waals surface area contributed by atoms with Crippen molar-refractivity contribution >= 4 is 52.2 Å². The number of anilines is 1. The molecule has 1 saturated heterocycles. The topological polar surface area (TPSA) is 84.9 Å². The number of aryl methyl sites for hydroxylation is 1. The molecule has 4 amide bonds. The summed E-state index contributed by atoms with van der Waals surface area (Å²) in [5.41, 5.74) is 4.64. The Morgan fingerprint density at radius 1 is 0.932 bits per heavy atom. The molecule has 4 bridgehead atoms. The highest BCUT2D eigenvalue weighted by molar-refractivity contribution is 14.1. The van der Waals surface area contributed by atoms with E-state index in [1.807, 2.05) is 49.4 Å². The first-order chi connectivity index (χ1) is 21.2. The van der Waals surface area contributed by atoms with Crippen molar-refractivity contribution in [1.82, 2.24) is 5.32 Å². The van der Waals surface area contributed by atoms with Crippen LogP contribution in [-0.2, 0) is 21.6 Å². The Balaban J connectivity index is 1.13. The lowest BCUT2D eigenvalue weighted by atomic mass is 9.48. The van der Waals surface area contributed by atoms with Gasteiger partial charge in [0.25, 0.3) is 11.8 Å². The number of nitrogens with zero attached hydrogens (tertiary/aromatic N) is 1. The number of rotatable bonds is 7. The van der Waals surface area contributed by atoms with Crippen molar-refractivity contribution in [2.24, 2.45) is 17.8 Å². The first-order valence-corrected chi connectivity index (χ1v) is 16.4. The van der Waals surface area contributed by atoms with E-state index in [-0.39, 0.29) is 11.0 Å². The summed E-state index contributed by atoms with van der Waals surface area (Å²) < 4.78 is 12.5. The molecule has 5 fully saturated rings. The molecule has 1 heterocycles. The normalized spacial score (nSPS) is 26.7. The number of urea groups is 1. The molecule has 3 aromatic carbocycles. The second kappa shape index (κ2) is 11.4. The summed E-state index contributed by atoms with van der Waals surface area (Å²) in [4.78, 5) is 40.5. The summed E-state index contributed by atoms with van der Waals surface area (Å²) in [5, 5.41) is 2.35. The van der Waals surface area contributed by atoms with E-state index in [9.17, 15) is 14.4 Å². The number of amides is 4. The number of halogens is 1. The minimum atomic E-state index is -0.744. The van der Waals surface area contributed by atoms with Crippen molar-refractivity contribution in [1.29, 1.82) is 0 Å². The second-order valence-corrected chi connectivity index (χ2v) is 14.2. The number of ether oxygens (including phenoxy) is 2. The van der Waals surface area contributed by atoms with Crippen LogP contribution in [0.3, 0.4) is 0 Å². The van der Waals surface area contributed by atoms with E-state index < -0.39 is 17.8 Å². The van der Waals surface area contributed by atoms with Crippen LogP contribution < -0.4 is 19.7 Å². The van der Waals surface area contributed by atoms with Crippen molar-refractivity contribution in [2.45, 2.75) is 57.5 Å². The molecule has 5 aliphatic rings. The quantitative estimate of drug-likeness (QED) is 0.159. The maximum atomic E-state index is 13.7. The maximum absolute atomic E-state index is 13.7. The van der Waals surface area contributed by atoms with E-state index >= 15 is 0 Å². The van der Waals surface area contributed by atoms with Crippen LogP contribution in [0.2, 0.25) is 0 Å². The SMILES string of the molecule is COc1cc(/C=C2\C(=O)NC(=O)N(c3ccc(C45CC6CC(CC(C6)C4)C5)cc3)C2=O)cc(I)c1OCc1ccc(C)cc1. The number of benzene rings is 3. The van der Waals surface area contributed by atoms with Crippen LogP contribution in [0.25, 0.3) is 6.08 Å². The van der Waals surface area contributed by atoms with E-state index in [2.05, 4.69) is 40.0 Å². The Morgan fingerprint density at radius 3 is 2.18 bits per heavy atom. The summed E-state index contributed by atoms with van der Waals surface area (Å²) in [7, 11) is 1.55. The van der Waals surface area contributed by atoms with Gasteiger partial charge in [-0.05, 0) is 138 Å². The summed E-state index contributed by atoms with van der Waals surface area (Å²) >= 11 is 2.15. The number of nitrogens with one attached hydrogen (secondary N) is 1. The standard InChI is InChI=1S/C36H35IN2O5/c1-21-3-5-22(6-4-21)20-44-32-30(37)15-23(16-31(32)43-2)14-29-33(40)38-35(42)39(34(29)41)28-9-7-27(8-10-28)36-17-24-11-25(18-36)13-26(12-24)19-36/h3-10,14-16,24-26H,11-13,17-20H2,1-2H3,(H,38,40,42)/b29-14+. The van der Waals surface area contributed by atoms with Gasteiger partial charge in [0, 0.05) is 0 Å². The number of imide groups is 2. The van der Waals surface area contributed by atoms with Gasteiger partial charge in [-0.15, -0.1) is 0 Å². The van der Waals surface area contributed by atoms with Crippen molar-refractivity contribution in [3.05, 3.63) is 92.1 Å². The zero-order valence-corrected chi connectivity index (χ0v) is 27.1. The van der Waals surface area contributed by atoms with Gasteiger partial charge in [-0.25, -0.2) is 9.69 Å². The Labute approximate surface area is 271 Å². The monoisotopic (exact) mass is 702 g/mol. The van der Waals surface area contributed by atoms with Gasteiger partial charge in [0.2, 0.25) is 0 Å². The number of carbonyl (C=O) groups is 3. The minimum Gasteiger partial charge on any atom is -0.493 e. The number of methoxy groups -OCH3 is 1. The lowest BCUT2D eigenvalue weighted by molar-refractivity contribution is -0.122. The fourth-order valence-electron chi connectivity index (χ4n) is 8.29. The lowest BCUT2D eigenvalue weighted by Gasteiger charge is -2.57. The Morgan fingerprint density at radius 2 is 1.57 bits per heavy atom. The zero-order valence-electron chi connectivity index (χ0n) is 24.9. The molecule has 0 unspecified atom stereocenters. The number of barbiturate groups is 1. The van der Waals surface area contributed by atoms with Crippen LogP contribution in [0.15, 0.2) is 66.2 Å². The second-order valence-electron chi connectivity index (χ2n) is 13.0. The first-order valence-electron chi connectivity index (χ1n) is 15.3. The fraction of sp³-hybridized carbons (Fsp3) is 0.361. The Hall–Kier alpha value is -3.66. The Bertz CT molecular complexity index is 1640. The molecule has 1 aliphatic heterocycles. The molecule has 0 radical (unpaired) electrons. The number of hydrogen-bond acceptors (Lipinski definition) is 5. The molecule has 0 aromatic heterocycles. The predicted molar refractivity (Wildman–Crippen MR) is 177 cm³/mol. The summed E-state index contributed by atoms with van der Waals surface area (Å²) in [6, 6.07) is 18.8. The van der Waals surface area contributed by atoms with Crippen molar-refractivity contribution in [3.63, 3.8) is 0 Å². The molecule has 0 atom stereocenters. The van der Waals surface area contributed by atoms with Gasteiger partial charge < -0.3 is 9.47 Å². The van der Waals surface area contributed by atoms with Gasteiger partial charge in [0.05, 0.1) is 16.4 Å². The summed E-state index contributed by atoms with van der Waals surface area (Å²) in [5.74, 6) is 2.14. The van der Waals surface area contributed by atoms with E-state index in [1.54, 1.807) is 13.2 Å². The highest BCUT2D eigenvalue weighted by Crippen LogP contribution is 2.60. The van der Waals surface area contributed by atoms with E-state index in [0.29, 0.717) is 29.4 Å². The smallest absolute Gasteiger partial charge is 0.335 e. The molecule has 226 valence electrons. The average molecular weight is 703 g/mol.